The van der Waals surface area contributed by atoms with Gasteiger partial charge in [-0.1, -0.05) is 0 Å². The molecule has 1 aliphatic rings. The highest BCUT2D eigenvalue weighted by molar-refractivity contribution is 5.78. The van der Waals surface area contributed by atoms with E-state index < -0.39 is 0 Å². The topological polar surface area (TPSA) is 35.5 Å². The van der Waals surface area contributed by atoms with E-state index >= 15 is 0 Å². The Bertz CT molecular complexity index is 162. The van der Waals surface area contributed by atoms with Crippen molar-refractivity contribution in [1.82, 2.24) is 0 Å². The molecule has 14 heavy (non-hydrogen) atoms. The molecule has 0 aromatic heterocycles. The number of ether oxygens (including phenoxy) is 2. The highest BCUT2D eigenvalue weighted by Gasteiger charge is 2.16. The smallest absolute Gasteiger partial charge is 0.135 e. The van der Waals surface area contributed by atoms with Crippen LogP contribution >= 0.6 is 0 Å². The molecule has 0 aromatic carbocycles. The van der Waals surface area contributed by atoms with E-state index in [9.17, 15) is 4.79 Å². The van der Waals surface area contributed by atoms with Gasteiger partial charge >= 0.3 is 0 Å². The van der Waals surface area contributed by atoms with Crippen LogP contribution in [-0.2, 0) is 14.3 Å². The second-order valence-electron chi connectivity index (χ2n) is 3.75. The minimum Gasteiger partial charge on any atom is -0.381 e. The first-order chi connectivity index (χ1) is 6.83. The largest absolute Gasteiger partial charge is 0.381 e. The first-order valence-electron chi connectivity index (χ1n) is 5.50. The molecule has 0 spiro atoms. The van der Waals surface area contributed by atoms with Gasteiger partial charge in [0.05, 0.1) is 6.61 Å². The van der Waals surface area contributed by atoms with E-state index in [-0.39, 0.29) is 0 Å². The summed E-state index contributed by atoms with van der Waals surface area (Å²) in [7, 11) is 0. The average Bonchev–Trinajstić information content (AvgIpc) is 2.20. The number of Topliss-reactive ketones (excluding diaryl/α,β-unsaturated/α-hetero) is 1. The molecular weight excluding hydrogens is 180 g/mol. The average molecular weight is 200 g/mol. The molecule has 1 aliphatic heterocycles. The lowest BCUT2D eigenvalue weighted by molar-refractivity contribution is -0.121. The second-order valence-corrected chi connectivity index (χ2v) is 3.75. The van der Waals surface area contributed by atoms with Crippen LogP contribution in [0, 0.1) is 5.92 Å². The van der Waals surface area contributed by atoms with Gasteiger partial charge in [0.15, 0.2) is 0 Å². The highest BCUT2D eigenvalue weighted by Crippen LogP contribution is 2.19. The highest BCUT2D eigenvalue weighted by atomic mass is 16.5. The SMILES string of the molecule is CCOCCC(=O)CC1CCOCC1. The van der Waals surface area contributed by atoms with Crippen molar-refractivity contribution in [3.05, 3.63) is 0 Å². The number of hydrogen-bond donors (Lipinski definition) is 0. The molecule has 3 heteroatoms. The second kappa shape index (κ2) is 6.96. The summed E-state index contributed by atoms with van der Waals surface area (Å²) in [6.45, 7) is 4.87. The maximum Gasteiger partial charge on any atom is 0.135 e. The van der Waals surface area contributed by atoms with Crippen molar-refractivity contribution in [3.8, 4) is 0 Å². The molecule has 1 saturated heterocycles. The van der Waals surface area contributed by atoms with E-state index in [0.717, 1.165) is 32.5 Å². The quantitative estimate of drug-likeness (QED) is 0.613. The lowest BCUT2D eigenvalue weighted by Crippen LogP contribution is -2.19. The lowest BCUT2D eigenvalue weighted by atomic mass is 9.93. The van der Waals surface area contributed by atoms with Crippen molar-refractivity contribution in [2.75, 3.05) is 26.4 Å². The lowest BCUT2D eigenvalue weighted by Gasteiger charge is -2.21. The van der Waals surface area contributed by atoms with Crippen molar-refractivity contribution in [2.45, 2.75) is 32.6 Å². The van der Waals surface area contributed by atoms with Crippen LogP contribution in [0.25, 0.3) is 0 Å². The summed E-state index contributed by atoms with van der Waals surface area (Å²) in [5.74, 6) is 0.892. The summed E-state index contributed by atoms with van der Waals surface area (Å²) >= 11 is 0. The number of ketones is 1. The molecule has 82 valence electrons. The minimum atomic E-state index is 0.338. The molecule has 0 radical (unpaired) electrons. The van der Waals surface area contributed by atoms with Gasteiger partial charge in [-0.15, -0.1) is 0 Å². The van der Waals surface area contributed by atoms with Gasteiger partial charge in [-0.25, -0.2) is 0 Å². The van der Waals surface area contributed by atoms with Gasteiger partial charge in [0, 0.05) is 32.7 Å². The summed E-state index contributed by atoms with van der Waals surface area (Å²) in [6.07, 6.45) is 3.38. The van der Waals surface area contributed by atoms with E-state index in [1.165, 1.54) is 0 Å². The van der Waals surface area contributed by atoms with Crippen LogP contribution in [0.3, 0.4) is 0 Å². The summed E-state index contributed by atoms with van der Waals surface area (Å²) in [5.41, 5.74) is 0. The van der Waals surface area contributed by atoms with Crippen LogP contribution < -0.4 is 0 Å². The van der Waals surface area contributed by atoms with Crippen molar-refractivity contribution in [3.63, 3.8) is 0 Å². The molecule has 1 rings (SSSR count). The molecule has 0 N–H and O–H groups in total. The van der Waals surface area contributed by atoms with Gasteiger partial charge in [-0.3, -0.25) is 4.79 Å². The van der Waals surface area contributed by atoms with Gasteiger partial charge in [-0.2, -0.15) is 0 Å². The third-order valence-corrected chi connectivity index (χ3v) is 2.59. The fourth-order valence-corrected chi connectivity index (χ4v) is 1.70. The molecule has 0 aromatic rings. The number of rotatable bonds is 6. The molecule has 0 saturated carbocycles. The Kier molecular flexibility index (Phi) is 5.80. The first-order valence-corrected chi connectivity index (χ1v) is 5.50. The zero-order valence-electron chi connectivity index (χ0n) is 8.96. The summed E-state index contributed by atoms with van der Waals surface area (Å²) in [6, 6.07) is 0. The van der Waals surface area contributed by atoms with Crippen molar-refractivity contribution >= 4 is 5.78 Å². The zero-order chi connectivity index (χ0) is 10.2. The van der Waals surface area contributed by atoms with Crippen LogP contribution in [0.15, 0.2) is 0 Å². The fraction of sp³-hybridized carbons (Fsp3) is 0.909. The standard InChI is InChI=1S/C11H20O3/c1-2-13-8-5-11(12)9-10-3-6-14-7-4-10/h10H,2-9H2,1H3. The van der Waals surface area contributed by atoms with E-state index in [1.807, 2.05) is 6.92 Å². The minimum absolute atomic E-state index is 0.338. The molecule has 0 bridgehead atoms. The van der Waals surface area contributed by atoms with Crippen LogP contribution in [0.2, 0.25) is 0 Å². The van der Waals surface area contributed by atoms with Crippen LogP contribution in [0.5, 0.6) is 0 Å². The van der Waals surface area contributed by atoms with E-state index in [4.69, 9.17) is 9.47 Å². The van der Waals surface area contributed by atoms with E-state index in [1.54, 1.807) is 0 Å². The Balaban J connectivity index is 2.06. The fourth-order valence-electron chi connectivity index (χ4n) is 1.70. The van der Waals surface area contributed by atoms with Crippen LogP contribution in [0.4, 0.5) is 0 Å². The number of carbonyl (C=O) groups is 1. The third kappa shape index (κ3) is 4.72. The molecule has 0 atom stereocenters. The molecule has 0 amide bonds. The van der Waals surface area contributed by atoms with Crippen molar-refractivity contribution in [2.24, 2.45) is 5.92 Å². The zero-order valence-corrected chi connectivity index (χ0v) is 8.96. The van der Waals surface area contributed by atoms with Crippen molar-refractivity contribution in [1.29, 1.82) is 0 Å². The monoisotopic (exact) mass is 200 g/mol. The summed E-state index contributed by atoms with van der Waals surface area (Å²) < 4.78 is 10.4. The predicted molar refractivity (Wildman–Crippen MR) is 54.3 cm³/mol. The Morgan fingerprint density at radius 1 is 1.43 bits per heavy atom. The summed E-state index contributed by atoms with van der Waals surface area (Å²) in [5, 5.41) is 0. The van der Waals surface area contributed by atoms with Gasteiger partial charge in [0.1, 0.15) is 5.78 Å². The maximum absolute atomic E-state index is 11.5. The van der Waals surface area contributed by atoms with Gasteiger partial charge in [-0.05, 0) is 25.7 Å². The van der Waals surface area contributed by atoms with Gasteiger partial charge in [0.2, 0.25) is 0 Å². The molecule has 0 unspecified atom stereocenters. The molecule has 1 heterocycles. The van der Waals surface area contributed by atoms with E-state index in [0.29, 0.717) is 31.3 Å². The van der Waals surface area contributed by atoms with Crippen molar-refractivity contribution < 1.29 is 14.3 Å². The first kappa shape index (κ1) is 11.7. The Hall–Kier alpha value is -0.410. The Morgan fingerprint density at radius 3 is 2.79 bits per heavy atom. The Morgan fingerprint density at radius 2 is 2.14 bits per heavy atom. The van der Waals surface area contributed by atoms with Crippen LogP contribution in [0.1, 0.15) is 32.6 Å². The maximum atomic E-state index is 11.5. The Labute approximate surface area is 85.8 Å². The number of hydrogen-bond acceptors (Lipinski definition) is 3. The number of carbonyl (C=O) groups excluding carboxylic acids is 1. The van der Waals surface area contributed by atoms with Gasteiger partial charge in [0.25, 0.3) is 0 Å². The van der Waals surface area contributed by atoms with E-state index in [2.05, 4.69) is 0 Å². The molecule has 3 nitrogen and oxygen atoms in total. The van der Waals surface area contributed by atoms with Gasteiger partial charge < -0.3 is 9.47 Å². The van der Waals surface area contributed by atoms with Crippen LogP contribution in [-0.4, -0.2) is 32.2 Å². The molecule has 0 aliphatic carbocycles. The molecule has 1 fully saturated rings. The summed E-state index contributed by atoms with van der Waals surface area (Å²) in [4.78, 5) is 11.5. The molecular formula is C11H20O3. The normalized spacial score (nSPS) is 18.4. The third-order valence-electron chi connectivity index (χ3n) is 2.59. The predicted octanol–water partition coefficient (Wildman–Crippen LogP) is 1.80.